The average molecular weight is 232 g/mol. The van der Waals surface area contributed by atoms with Gasteiger partial charge in [0.2, 0.25) is 0 Å². The standard InChI is InChI=1S/C4H6O5.H2O4S/c5-3(6)1-2-9-4(7)8;1-5(2,3)4/h1-2H2,(H,5,6)(H,7,8);(H2,1,2,3,4). The first kappa shape index (κ1) is 15.1. The first-order valence-electron chi connectivity index (χ1n) is 2.90. The maximum Gasteiger partial charge on any atom is 0.505 e. The Morgan fingerprint density at radius 3 is 1.71 bits per heavy atom. The third-order valence-corrected chi connectivity index (χ3v) is 0.541. The third-order valence-electron chi connectivity index (χ3n) is 0.541. The van der Waals surface area contributed by atoms with Crippen molar-refractivity contribution in [3.8, 4) is 0 Å². The first-order valence-corrected chi connectivity index (χ1v) is 4.30. The van der Waals surface area contributed by atoms with Crippen LogP contribution in [0.4, 0.5) is 4.79 Å². The summed E-state index contributed by atoms with van der Waals surface area (Å²) in [5.74, 6) is -1.07. The summed E-state index contributed by atoms with van der Waals surface area (Å²) >= 11 is 0. The summed E-state index contributed by atoms with van der Waals surface area (Å²) in [7, 11) is -4.67. The number of carboxylic acid groups (broad SMARTS) is 2. The van der Waals surface area contributed by atoms with Gasteiger partial charge in [-0.2, -0.15) is 8.42 Å². The van der Waals surface area contributed by atoms with Crippen molar-refractivity contribution in [2.75, 3.05) is 6.61 Å². The topological polar surface area (TPSA) is 158 Å². The smallest absolute Gasteiger partial charge is 0.481 e. The molecule has 0 saturated carbocycles. The fourth-order valence-corrected chi connectivity index (χ4v) is 0.226. The van der Waals surface area contributed by atoms with Crippen molar-refractivity contribution in [2.24, 2.45) is 0 Å². The Morgan fingerprint density at radius 2 is 1.50 bits per heavy atom. The molecule has 4 N–H and O–H groups in total. The zero-order chi connectivity index (χ0) is 11.8. The Morgan fingerprint density at radius 1 is 1.14 bits per heavy atom. The van der Waals surface area contributed by atoms with Gasteiger partial charge in [-0.25, -0.2) is 4.79 Å². The van der Waals surface area contributed by atoms with E-state index in [1.54, 1.807) is 0 Å². The van der Waals surface area contributed by atoms with Gasteiger partial charge in [0, 0.05) is 0 Å². The molecule has 0 amide bonds. The van der Waals surface area contributed by atoms with Crippen LogP contribution in [0.5, 0.6) is 0 Å². The summed E-state index contributed by atoms with van der Waals surface area (Å²) < 4.78 is 35.5. The van der Waals surface area contributed by atoms with Crippen molar-refractivity contribution in [1.29, 1.82) is 0 Å². The SMILES string of the molecule is O=C(O)CCOC(=O)O.O=S(=O)(O)O. The molecule has 0 aromatic heterocycles. The van der Waals surface area contributed by atoms with Crippen molar-refractivity contribution >= 4 is 22.5 Å². The van der Waals surface area contributed by atoms with Crippen molar-refractivity contribution in [3.05, 3.63) is 0 Å². The highest BCUT2D eigenvalue weighted by molar-refractivity contribution is 7.79. The molecule has 0 saturated heterocycles. The van der Waals surface area contributed by atoms with Crippen molar-refractivity contribution < 1.29 is 42.1 Å². The van der Waals surface area contributed by atoms with Gasteiger partial charge >= 0.3 is 22.5 Å². The number of aliphatic carboxylic acids is 1. The van der Waals surface area contributed by atoms with Crippen LogP contribution in [0.1, 0.15) is 6.42 Å². The van der Waals surface area contributed by atoms with Gasteiger partial charge in [-0.3, -0.25) is 13.9 Å². The van der Waals surface area contributed by atoms with Crippen molar-refractivity contribution in [3.63, 3.8) is 0 Å². The molecule has 0 aromatic carbocycles. The molecule has 0 bridgehead atoms. The van der Waals surface area contributed by atoms with E-state index in [2.05, 4.69) is 4.74 Å². The summed E-state index contributed by atoms with van der Waals surface area (Å²) in [6, 6.07) is 0. The van der Waals surface area contributed by atoms with E-state index in [0.29, 0.717) is 0 Å². The predicted octanol–water partition coefficient (Wildman–Crippen LogP) is -0.497. The lowest BCUT2D eigenvalue weighted by atomic mass is 10.5. The van der Waals surface area contributed by atoms with E-state index in [-0.39, 0.29) is 13.0 Å². The second-order valence-corrected chi connectivity index (χ2v) is 2.60. The lowest BCUT2D eigenvalue weighted by molar-refractivity contribution is -0.137. The number of hydrogen-bond donors (Lipinski definition) is 4. The highest BCUT2D eigenvalue weighted by Gasteiger charge is 1.99. The van der Waals surface area contributed by atoms with Crippen molar-refractivity contribution in [2.45, 2.75) is 6.42 Å². The van der Waals surface area contributed by atoms with Crippen LogP contribution in [0.2, 0.25) is 0 Å². The van der Waals surface area contributed by atoms with Crippen LogP contribution in [0.25, 0.3) is 0 Å². The van der Waals surface area contributed by atoms with Gasteiger partial charge in [0.1, 0.15) is 6.61 Å². The van der Waals surface area contributed by atoms with E-state index in [4.69, 9.17) is 27.7 Å². The molecule has 0 spiro atoms. The Hall–Kier alpha value is -1.39. The number of carboxylic acids is 1. The lowest BCUT2D eigenvalue weighted by Gasteiger charge is -1.93. The van der Waals surface area contributed by atoms with Gasteiger partial charge < -0.3 is 14.9 Å². The number of ether oxygens (including phenoxy) is 1. The first-order chi connectivity index (χ1) is 6.13. The Labute approximate surface area is 78.5 Å². The summed E-state index contributed by atoms with van der Waals surface area (Å²) in [5.41, 5.74) is 0. The van der Waals surface area contributed by atoms with Crippen LogP contribution < -0.4 is 0 Å². The quantitative estimate of drug-likeness (QED) is 0.371. The Balaban J connectivity index is 0. The van der Waals surface area contributed by atoms with Crippen LogP contribution in [0.15, 0.2) is 0 Å². The zero-order valence-electron chi connectivity index (χ0n) is 6.65. The Bertz CT molecular complexity index is 255. The summed E-state index contributed by atoms with van der Waals surface area (Å²) in [6.45, 7) is -0.287. The molecule has 0 radical (unpaired) electrons. The van der Waals surface area contributed by atoms with E-state index in [0.717, 1.165) is 0 Å². The molecular formula is C4H8O9S. The van der Waals surface area contributed by atoms with Crippen molar-refractivity contribution in [1.82, 2.24) is 0 Å². The second kappa shape index (κ2) is 7.06. The van der Waals surface area contributed by atoms with E-state index >= 15 is 0 Å². The third kappa shape index (κ3) is 46.1. The minimum Gasteiger partial charge on any atom is -0.481 e. The zero-order valence-corrected chi connectivity index (χ0v) is 7.47. The van der Waals surface area contributed by atoms with E-state index < -0.39 is 22.5 Å². The molecule has 10 heteroatoms. The second-order valence-electron chi connectivity index (χ2n) is 1.71. The number of hydrogen-bond acceptors (Lipinski definition) is 5. The fourth-order valence-electron chi connectivity index (χ4n) is 0.226. The molecular weight excluding hydrogens is 224 g/mol. The normalized spacial score (nSPS) is 9.57. The van der Waals surface area contributed by atoms with E-state index in [1.807, 2.05) is 0 Å². The van der Waals surface area contributed by atoms with Gasteiger partial charge in [0.25, 0.3) is 0 Å². The van der Waals surface area contributed by atoms with E-state index in [1.165, 1.54) is 0 Å². The molecule has 14 heavy (non-hydrogen) atoms. The highest BCUT2D eigenvalue weighted by Crippen LogP contribution is 1.81. The van der Waals surface area contributed by atoms with Crippen LogP contribution in [0.3, 0.4) is 0 Å². The summed E-state index contributed by atoms with van der Waals surface area (Å²) in [6.07, 6.45) is -1.73. The molecule has 0 rings (SSSR count). The van der Waals surface area contributed by atoms with Gasteiger partial charge in [0.05, 0.1) is 6.42 Å². The average Bonchev–Trinajstić information content (AvgIpc) is 1.80. The molecule has 0 aromatic rings. The molecule has 84 valence electrons. The Kier molecular flexibility index (Phi) is 7.61. The largest absolute Gasteiger partial charge is 0.505 e. The van der Waals surface area contributed by atoms with Gasteiger partial charge in [-0.05, 0) is 0 Å². The fraction of sp³-hybridized carbons (Fsp3) is 0.500. The molecule has 0 heterocycles. The maximum absolute atomic E-state index is 9.71. The van der Waals surface area contributed by atoms with Crippen LogP contribution >= 0.6 is 0 Å². The van der Waals surface area contributed by atoms with Gasteiger partial charge in [-0.15, -0.1) is 0 Å². The number of rotatable bonds is 3. The molecule has 9 nitrogen and oxygen atoms in total. The highest BCUT2D eigenvalue weighted by atomic mass is 32.3. The minimum atomic E-state index is -4.67. The van der Waals surface area contributed by atoms with Crippen LogP contribution in [-0.2, 0) is 19.9 Å². The summed E-state index contributed by atoms with van der Waals surface area (Å²) in [5, 5.41) is 15.8. The van der Waals surface area contributed by atoms with E-state index in [9.17, 15) is 9.59 Å². The molecule has 0 aliphatic rings. The molecule has 0 aliphatic carbocycles. The molecule has 0 unspecified atom stereocenters. The monoisotopic (exact) mass is 232 g/mol. The van der Waals surface area contributed by atoms with Gasteiger partial charge in [0.15, 0.2) is 0 Å². The lowest BCUT2D eigenvalue weighted by Crippen LogP contribution is -2.06. The minimum absolute atomic E-state index is 0.285. The maximum atomic E-state index is 9.71. The van der Waals surface area contributed by atoms with Gasteiger partial charge in [-0.1, -0.05) is 0 Å². The van der Waals surface area contributed by atoms with Crippen LogP contribution in [-0.4, -0.2) is 46.5 Å². The molecule has 0 fully saturated rings. The molecule has 0 aliphatic heterocycles. The summed E-state index contributed by atoms with van der Waals surface area (Å²) in [4.78, 5) is 19.3. The number of carbonyl (C=O) groups is 2. The van der Waals surface area contributed by atoms with Crippen LogP contribution in [0, 0.1) is 0 Å². The predicted molar refractivity (Wildman–Crippen MR) is 40.4 cm³/mol. The molecule has 0 atom stereocenters.